The van der Waals surface area contributed by atoms with Crippen LogP contribution in [-0.2, 0) is 4.79 Å². The Morgan fingerprint density at radius 1 is 1.54 bits per heavy atom. The van der Waals surface area contributed by atoms with Gasteiger partial charge in [-0.05, 0) is 11.8 Å². The lowest BCUT2D eigenvalue weighted by Gasteiger charge is -2.26. The lowest BCUT2D eigenvalue weighted by atomic mass is 9.79. The molecule has 0 aromatic rings. The average molecular weight is 225 g/mol. The minimum atomic E-state index is -0.843. The summed E-state index contributed by atoms with van der Waals surface area (Å²) in [7, 11) is 0. The fraction of sp³-hybridized carbons (Fsp3) is 0.667. The molecule has 0 fully saturated rings. The van der Waals surface area contributed by atoms with Gasteiger partial charge in [0.25, 0.3) is 0 Å². The molecule has 0 aromatic carbocycles. The zero-order valence-electron chi connectivity index (χ0n) is 7.97. The maximum Gasteiger partial charge on any atom is 0.307 e. The third-order valence-corrected chi connectivity index (χ3v) is 2.50. The van der Waals surface area contributed by atoms with Crippen molar-refractivity contribution >= 4 is 29.2 Å². The summed E-state index contributed by atoms with van der Waals surface area (Å²) >= 11 is 11.0. The van der Waals surface area contributed by atoms with Gasteiger partial charge in [-0.15, -0.1) is 0 Å². The van der Waals surface area contributed by atoms with Gasteiger partial charge in [0, 0.05) is 10.6 Å². The van der Waals surface area contributed by atoms with Crippen LogP contribution < -0.4 is 0 Å². The minimum Gasteiger partial charge on any atom is -0.481 e. The minimum absolute atomic E-state index is 0.282. The fourth-order valence-corrected chi connectivity index (χ4v) is 1.25. The molecule has 0 saturated carbocycles. The summed E-state index contributed by atoms with van der Waals surface area (Å²) in [6.07, 6.45) is 0.282. The first-order valence-electron chi connectivity index (χ1n) is 3.96. The van der Waals surface area contributed by atoms with E-state index in [-0.39, 0.29) is 11.8 Å². The number of carboxylic acids is 1. The van der Waals surface area contributed by atoms with Gasteiger partial charge in [0.2, 0.25) is 0 Å². The molecule has 0 saturated heterocycles. The van der Waals surface area contributed by atoms with Crippen molar-refractivity contribution in [1.82, 2.24) is 0 Å². The first-order valence-corrected chi connectivity index (χ1v) is 4.78. The monoisotopic (exact) mass is 224 g/mol. The maximum atomic E-state index is 10.9. The molecule has 1 unspecified atom stereocenters. The summed E-state index contributed by atoms with van der Waals surface area (Å²) in [5.41, 5.74) is 0.898. The van der Waals surface area contributed by atoms with Crippen LogP contribution in [0.25, 0.3) is 0 Å². The number of hydrogen-bond acceptors (Lipinski definition) is 1. The molecule has 0 spiro atoms. The van der Waals surface area contributed by atoms with Crippen LogP contribution >= 0.6 is 23.2 Å². The molecule has 1 atom stereocenters. The zero-order chi connectivity index (χ0) is 10.6. The molecular formula is C9H14Cl2O2. The van der Waals surface area contributed by atoms with E-state index in [0.29, 0.717) is 5.03 Å². The summed E-state index contributed by atoms with van der Waals surface area (Å²) in [5.74, 6) is -1.35. The Balaban J connectivity index is 4.56. The van der Waals surface area contributed by atoms with Crippen molar-refractivity contribution in [2.24, 2.45) is 11.3 Å². The Hall–Kier alpha value is -0.210. The number of carbonyl (C=O) groups is 1. The molecule has 0 rings (SSSR count). The van der Waals surface area contributed by atoms with Gasteiger partial charge < -0.3 is 5.11 Å². The number of rotatable bonds is 3. The van der Waals surface area contributed by atoms with Gasteiger partial charge in [-0.25, -0.2) is 0 Å². The lowest BCUT2D eigenvalue weighted by Crippen LogP contribution is -2.28. The molecule has 0 aliphatic heterocycles. The van der Waals surface area contributed by atoms with Crippen LogP contribution in [0, 0.1) is 11.3 Å². The van der Waals surface area contributed by atoms with Crippen LogP contribution in [0.1, 0.15) is 27.2 Å². The van der Waals surface area contributed by atoms with E-state index < -0.39 is 11.9 Å². The largest absolute Gasteiger partial charge is 0.481 e. The normalized spacial score (nSPS) is 15.6. The molecule has 2 nitrogen and oxygen atoms in total. The zero-order valence-corrected chi connectivity index (χ0v) is 9.49. The third-order valence-electron chi connectivity index (χ3n) is 1.86. The maximum absolute atomic E-state index is 10.9. The number of hydrogen-bond donors (Lipinski definition) is 1. The number of aliphatic carboxylic acids is 1. The van der Waals surface area contributed by atoms with Gasteiger partial charge in [0.05, 0.1) is 5.92 Å². The molecule has 0 radical (unpaired) electrons. The molecule has 13 heavy (non-hydrogen) atoms. The quantitative estimate of drug-likeness (QED) is 0.798. The number of halogens is 2. The smallest absolute Gasteiger partial charge is 0.307 e. The average Bonchev–Trinajstić information content (AvgIpc) is 1.96. The van der Waals surface area contributed by atoms with Crippen molar-refractivity contribution in [3.05, 3.63) is 10.6 Å². The van der Waals surface area contributed by atoms with E-state index in [9.17, 15) is 4.79 Å². The second-order valence-electron chi connectivity index (χ2n) is 4.02. The molecule has 0 aromatic heterocycles. The standard InChI is InChI=1S/C9H14Cl2O2/c1-9(2,3)7(8(12)13)4-6(11)5-10/h5,7H,4H2,1-3H3,(H,12,13)/b6-5-. The van der Waals surface area contributed by atoms with Gasteiger partial charge in [0.15, 0.2) is 0 Å². The van der Waals surface area contributed by atoms with E-state index in [1.807, 2.05) is 20.8 Å². The predicted molar refractivity (Wildman–Crippen MR) is 55.0 cm³/mol. The van der Waals surface area contributed by atoms with Crippen molar-refractivity contribution in [2.75, 3.05) is 0 Å². The molecule has 0 bridgehead atoms. The second-order valence-corrected chi connectivity index (χ2v) is 4.72. The van der Waals surface area contributed by atoms with Crippen LogP contribution in [0.3, 0.4) is 0 Å². The Kier molecular flexibility index (Phi) is 4.79. The van der Waals surface area contributed by atoms with Gasteiger partial charge in [-0.3, -0.25) is 4.79 Å². The van der Waals surface area contributed by atoms with Crippen molar-refractivity contribution in [3.63, 3.8) is 0 Å². The van der Waals surface area contributed by atoms with Gasteiger partial charge >= 0.3 is 5.97 Å². The molecular weight excluding hydrogens is 211 g/mol. The topological polar surface area (TPSA) is 37.3 Å². The number of carboxylic acid groups (broad SMARTS) is 1. The van der Waals surface area contributed by atoms with E-state index in [1.54, 1.807) is 0 Å². The summed E-state index contributed by atoms with van der Waals surface area (Å²) in [6, 6.07) is 0. The van der Waals surface area contributed by atoms with Crippen LogP contribution in [0.2, 0.25) is 0 Å². The fourth-order valence-electron chi connectivity index (χ4n) is 1.00. The summed E-state index contributed by atoms with van der Waals surface area (Å²) in [4.78, 5) is 10.9. The molecule has 4 heteroatoms. The highest BCUT2D eigenvalue weighted by Crippen LogP contribution is 2.32. The van der Waals surface area contributed by atoms with E-state index >= 15 is 0 Å². The van der Waals surface area contributed by atoms with E-state index in [4.69, 9.17) is 28.3 Å². The number of allylic oxidation sites excluding steroid dienone is 1. The highest BCUT2D eigenvalue weighted by Gasteiger charge is 2.31. The van der Waals surface area contributed by atoms with Crippen molar-refractivity contribution in [3.8, 4) is 0 Å². The van der Waals surface area contributed by atoms with Crippen LogP contribution in [-0.4, -0.2) is 11.1 Å². The summed E-state index contributed by atoms with van der Waals surface area (Å²) in [5, 5.41) is 9.30. The molecule has 1 N–H and O–H groups in total. The first-order chi connectivity index (χ1) is 5.79. The van der Waals surface area contributed by atoms with Crippen molar-refractivity contribution < 1.29 is 9.90 Å². The molecule has 76 valence electrons. The van der Waals surface area contributed by atoms with E-state index in [0.717, 1.165) is 0 Å². The lowest BCUT2D eigenvalue weighted by molar-refractivity contribution is -0.145. The first kappa shape index (κ1) is 12.8. The summed E-state index contributed by atoms with van der Waals surface area (Å²) in [6.45, 7) is 5.60. The van der Waals surface area contributed by atoms with Gasteiger partial charge in [-0.2, -0.15) is 0 Å². The SMILES string of the molecule is CC(C)(C)C(C/C(Cl)=C/Cl)C(=O)O. The Morgan fingerprint density at radius 2 is 2.00 bits per heavy atom. The summed E-state index contributed by atoms with van der Waals surface area (Å²) < 4.78 is 0. The molecule has 0 aliphatic rings. The third kappa shape index (κ3) is 4.53. The van der Waals surface area contributed by atoms with Crippen LogP contribution in [0.5, 0.6) is 0 Å². The molecule has 0 amide bonds. The highest BCUT2D eigenvalue weighted by molar-refractivity contribution is 6.36. The Morgan fingerprint density at radius 3 is 2.23 bits per heavy atom. The van der Waals surface area contributed by atoms with E-state index in [1.165, 1.54) is 5.54 Å². The van der Waals surface area contributed by atoms with Crippen molar-refractivity contribution in [2.45, 2.75) is 27.2 Å². The Bertz CT molecular complexity index is 216. The van der Waals surface area contributed by atoms with Gasteiger partial charge in [-0.1, -0.05) is 44.0 Å². The van der Waals surface area contributed by atoms with Crippen LogP contribution in [0.15, 0.2) is 10.6 Å². The van der Waals surface area contributed by atoms with E-state index in [2.05, 4.69) is 0 Å². The Labute approximate surface area is 88.5 Å². The molecule has 0 heterocycles. The van der Waals surface area contributed by atoms with Crippen LogP contribution in [0.4, 0.5) is 0 Å². The van der Waals surface area contributed by atoms with Gasteiger partial charge in [0.1, 0.15) is 0 Å². The predicted octanol–water partition coefficient (Wildman–Crippen LogP) is 3.44. The van der Waals surface area contributed by atoms with Crippen molar-refractivity contribution in [1.29, 1.82) is 0 Å². The second kappa shape index (κ2) is 4.87. The highest BCUT2D eigenvalue weighted by atomic mass is 35.5. The molecule has 0 aliphatic carbocycles.